The summed E-state index contributed by atoms with van der Waals surface area (Å²) >= 11 is 0. The van der Waals surface area contributed by atoms with E-state index < -0.39 is 52.2 Å². The molecule has 0 aromatic heterocycles. The molecule has 12 atom stereocenters. The molecule has 0 radical (unpaired) electrons. The molecule has 0 spiro atoms. The van der Waals surface area contributed by atoms with Gasteiger partial charge in [-0.2, -0.15) is 0 Å². The number of hydrogen-bond donors (Lipinski definition) is 5. The maximum Gasteiger partial charge on any atom is 0.331 e. The highest BCUT2D eigenvalue weighted by Crippen LogP contribution is 2.72. The van der Waals surface area contributed by atoms with Gasteiger partial charge in [-0.1, -0.05) is 90.1 Å². The molecular weight excluding hydrogens is 668 g/mol. The lowest BCUT2D eigenvalue weighted by Crippen LogP contribution is -2.81. The summed E-state index contributed by atoms with van der Waals surface area (Å²) in [6.45, 7) is 10.4. The van der Waals surface area contributed by atoms with Gasteiger partial charge in [0.15, 0.2) is 5.72 Å². The summed E-state index contributed by atoms with van der Waals surface area (Å²) in [5.74, 6) is -0.785. The van der Waals surface area contributed by atoms with Crippen molar-refractivity contribution in [1.29, 1.82) is 0 Å². The standard InChI is InChI=1S/C44H68N2O7/c1-6-7-9-16-33-24-35-36(25-33)45-46-43(53-31(4)47)27-30(3)42(51,23-20-34-26-39(50)52-28-34)44(38(49)21-22-41(35,5)40(43)44)37(48)19-18-29(2)13-12-17-32-14-10-8-11-15-32/h8,10-11,14-15,26,29-30,33,35-38,40,45-46,48-49,51H,6-7,9,12-13,16-25,27-28H2,1-5H3. The van der Waals surface area contributed by atoms with E-state index in [2.05, 4.69) is 55.9 Å². The number of carbonyl (C=O) groups excluding carboxylic acids is 2. The summed E-state index contributed by atoms with van der Waals surface area (Å²) in [5, 5.41) is 39.3. The molecule has 5 N–H and O–H groups in total. The molecule has 4 fully saturated rings. The minimum Gasteiger partial charge on any atom is -0.458 e. The van der Waals surface area contributed by atoms with Crippen LogP contribution in [-0.4, -0.2) is 63.4 Å². The highest BCUT2D eigenvalue weighted by atomic mass is 16.6. The third-order valence-corrected chi connectivity index (χ3v) is 14.8. The highest BCUT2D eigenvalue weighted by Gasteiger charge is 2.79. The van der Waals surface area contributed by atoms with Gasteiger partial charge in [0.05, 0.1) is 23.2 Å². The van der Waals surface area contributed by atoms with Gasteiger partial charge in [0.2, 0.25) is 0 Å². The summed E-state index contributed by atoms with van der Waals surface area (Å²) in [4.78, 5) is 25.3. The van der Waals surface area contributed by atoms with Crippen LogP contribution in [0.2, 0.25) is 0 Å². The van der Waals surface area contributed by atoms with E-state index in [0.29, 0.717) is 43.9 Å². The second kappa shape index (κ2) is 16.4. The molecule has 3 saturated carbocycles. The maximum absolute atomic E-state index is 13.6. The Labute approximate surface area is 318 Å². The lowest BCUT2D eigenvalue weighted by molar-refractivity contribution is -0.351. The Kier molecular flexibility index (Phi) is 12.5. The molecule has 296 valence electrons. The smallest absolute Gasteiger partial charge is 0.331 e. The number of unbranched alkanes of at least 4 members (excludes halogenated alkanes) is 2. The van der Waals surface area contributed by atoms with Crippen molar-refractivity contribution in [3.05, 3.63) is 47.5 Å². The zero-order chi connectivity index (χ0) is 38.0. The SMILES string of the molecule is CCCCCC1CC2NNC3(OC(C)=O)CC(C)C(O)(CCC4=CC(=O)OC4)C4(C(O)CCC(C)CCCc5ccccc5)C(O)CCC(C)(C2C1)C34. The van der Waals surface area contributed by atoms with E-state index in [4.69, 9.17) is 9.47 Å². The number of ether oxygens (including phenoxy) is 2. The molecule has 6 rings (SSSR count). The summed E-state index contributed by atoms with van der Waals surface area (Å²) in [6.07, 6.45) is 12.5. The first-order valence-corrected chi connectivity index (χ1v) is 21.0. The van der Waals surface area contributed by atoms with Crippen molar-refractivity contribution in [2.24, 2.45) is 40.4 Å². The number of hydrogen-bond acceptors (Lipinski definition) is 9. The normalized spacial score (nSPS) is 38.9. The Morgan fingerprint density at radius 1 is 1.09 bits per heavy atom. The van der Waals surface area contributed by atoms with Crippen molar-refractivity contribution in [3.63, 3.8) is 0 Å². The van der Waals surface area contributed by atoms with Gasteiger partial charge in [-0.15, -0.1) is 0 Å². The maximum atomic E-state index is 13.6. The van der Waals surface area contributed by atoms with Crippen LogP contribution in [0.25, 0.3) is 0 Å². The molecule has 1 saturated heterocycles. The number of rotatable bonds is 16. The minimum absolute atomic E-state index is 0.134. The number of aliphatic hydroxyl groups is 3. The second-order valence-corrected chi connectivity index (χ2v) is 18.2. The largest absolute Gasteiger partial charge is 0.458 e. The molecule has 2 heterocycles. The van der Waals surface area contributed by atoms with Crippen LogP contribution in [-0.2, 0) is 25.5 Å². The van der Waals surface area contributed by atoms with Crippen LogP contribution >= 0.6 is 0 Å². The van der Waals surface area contributed by atoms with Crippen molar-refractivity contribution in [2.75, 3.05) is 6.61 Å². The number of carbonyl (C=O) groups is 2. The van der Waals surface area contributed by atoms with E-state index in [1.165, 1.54) is 44.2 Å². The Bertz CT molecular complexity index is 1450. The molecular formula is C44H68N2O7. The Balaban J connectivity index is 1.39. The van der Waals surface area contributed by atoms with Crippen LogP contribution in [0.5, 0.6) is 0 Å². The third-order valence-electron chi connectivity index (χ3n) is 14.8. The summed E-state index contributed by atoms with van der Waals surface area (Å²) in [7, 11) is 0. The van der Waals surface area contributed by atoms with Gasteiger partial charge < -0.3 is 24.8 Å². The molecule has 0 amide bonds. The molecule has 0 bridgehead atoms. The van der Waals surface area contributed by atoms with Gasteiger partial charge >= 0.3 is 11.9 Å². The average Bonchev–Trinajstić information content (AvgIpc) is 3.73. The van der Waals surface area contributed by atoms with Gasteiger partial charge in [0.1, 0.15) is 6.61 Å². The molecule has 9 heteroatoms. The van der Waals surface area contributed by atoms with Crippen molar-refractivity contribution in [1.82, 2.24) is 10.9 Å². The monoisotopic (exact) mass is 737 g/mol. The molecule has 5 aliphatic rings. The van der Waals surface area contributed by atoms with Crippen LogP contribution < -0.4 is 10.9 Å². The number of aryl methyl sites for hydroxylation is 1. The third kappa shape index (κ3) is 7.64. The summed E-state index contributed by atoms with van der Waals surface area (Å²) in [6, 6.07) is 10.7. The number of cyclic esters (lactones) is 1. The number of aliphatic hydroxyl groups excluding tert-OH is 2. The summed E-state index contributed by atoms with van der Waals surface area (Å²) < 4.78 is 11.8. The van der Waals surface area contributed by atoms with Gasteiger partial charge in [0.25, 0.3) is 0 Å². The predicted octanol–water partition coefficient (Wildman–Crippen LogP) is 6.93. The quantitative estimate of drug-likeness (QED) is 0.0905. The number of benzene rings is 1. The number of hydrazine groups is 1. The van der Waals surface area contributed by atoms with E-state index in [-0.39, 0.29) is 31.0 Å². The Hall–Kier alpha value is -2.30. The van der Waals surface area contributed by atoms with Crippen LogP contribution in [0.4, 0.5) is 0 Å². The van der Waals surface area contributed by atoms with Gasteiger partial charge in [-0.25, -0.2) is 10.2 Å². The second-order valence-electron chi connectivity index (χ2n) is 18.2. The van der Waals surface area contributed by atoms with Gasteiger partial charge in [-0.05, 0) is 104 Å². The first kappa shape index (κ1) is 40.4. The number of nitrogens with one attached hydrogen (secondary N) is 2. The average molecular weight is 737 g/mol. The summed E-state index contributed by atoms with van der Waals surface area (Å²) in [5.41, 5.74) is 4.75. The fraction of sp³-hybridized carbons (Fsp3) is 0.773. The fourth-order valence-corrected chi connectivity index (χ4v) is 12.5. The molecule has 1 aromatic rings. The first-order valence-electron chi connectivity index (χ1n) is 21.0. The van der Waals surface area contributed by atoms with Crippen LogP contribution in [0.1, 0.15) is 136 Å². The lowest BCUT2D eigenvalue weighted by atomic mass is 9.36. The zero-order valence-electron chi connectivity index (χ0n) is 33.1. The number of fused-ring (bicyclic) bond motifs is 2. The molecule has 12 unspecified atom stereocenters. The predicted molar refractivity (Wildman–Crippen MR) is 205 cm³/mol. The van der Waals surface area contributed by atoms with E-state index in [0.717, 1.165) is 44.1 Å². The van der Waals surface area contributed by atoms with E-state index in [9.17, 15) is 24.9 Å². The molecule has 1 aromatic carbocycles. The van der Waals surface area contributed by atoms with E-state index >= 15 is 0 Å². The zero-order valence-corrected chi connectivity index (χ0v) is 33.1. The van der Waals surface area contributed by atoms with Crippen molar-refractivity contribution < 1.29 is 34.4 Å². The van der Waals surface area contributed by atoms with E-state index in [1.807, 2.05) is 13.0 Å². The Morgan fingerprint density at radius 3 is 2.57 bits per heavy atom. The molecule has 3 aliphatic carbocycles. The number of esters is 2. The Morgan fingerprint density at radius 2 is 1.87 bits per heavy atom. The van der Waals surface area contributed by atoms with Crippen LogP contribution in [0, 0.1) is 40.4 Å². The molecule has 53 heavy (non-hydrogen) atoms. The topological polar surface area (TPSA) is 137 Å². The highest BCUT2D eigenvalue weighted by molar-refractivity contribution is 5.85. The van der Waals surface area contributed by atoms with Gasteiger partial charge in [0, 0.05) is 31.4 Å². The van der Waals surface area contributed by atoms with Crippen molar-refractivity contribution in [2.45, 2.75) is 167 Å². The molecule has 2 aliphatic heterocycles. The van der Waals surface area contributed by atoms with Crippen LogP contribution in [0.15, 0.2) is 42.0 Å². The fourth-order valence-electron chi connectivity index (χ4n) is 12.5. The van der Waals surface area contributed by atoms with Gasteiger partial charge in [-0.3, -0.25) is 10.2 Å². The van der Waals surface area contributed by atoms with E-state index in [1.54, 1.807) is 0 Å². The first-order chi connectivity index (χ1) is 25.3. The lowest BCUT2D eigenvalue weighted by Gasteiger charge is -2.71. The molecule has 9 nitrogen and oxygen atoms in total. The van der Waals surface area contributed by atoms with Crippen molar-refractivity contribution >= 4 is 11.9 Å². The van der Waals surface area contributed by atoms with Crippen LogP contribution in [0.3, 0.4) is 0 Å². The minimum atomic E-state index is -1.54. The van der Waals surface area contributed by atoms with Crippen molar-refractivity contribution in [3.8, 4) is 0 Å².